The van der Waals surface area contributed by atoms with Crippen molar-refractivity contribution < 1.29 is 4.57 Å². The summed E-state index contributed by atoms with van der Waals surface area (Å²) >= 11 is 0. The highest BCUT2D eigenvalue weighted by molar-refractivity contribution is 5.83. The maximum Gasteiger partial charge on any atom is 0.212 e. The van der Waals surface area contributed by atoms with E-state index in [2.05, 4.69) is 88.8 Å². The molecular weight excluding hydrogens is 316 g/mol. The Kier molecular flexibility index (Phi) is 3.76. The van der Waals surface area contributed by atoms with Crippen LogP contribution in [-0.2, 0) is 18.9 Å². The Morgan fingerprint density at radius 1 is 0.962 bits per heavy atom. The molecule has 4 rings (SSSR count). The molecule has 132 valence electrons. The summed E-state index contributed by atoms with van der Waals surface area (Å²) in [5.74, 6) is 0. The number of pyridine rings is 2. The van der Waals surface area contributed by atoms with E-state index in [1.807, 2.05) is 0 Å². The minimum atomic E-state index is -0.0482. The van der Waals surface area contributed by atoms with Crippen LogP contribution in [0.25, 0.3) is 22.4 Å². The highest BCUT2D eigenvalue weighted by Gasteiger charge is 2.38. The smallest absolute Gasteiger partial charge is 0.212 e. The van der Waals surface area contributed by atoms with Gasteiger partial charge in [0.05, 0.1) is 5.69 Å². The molecule has 1 aliphatic carbocycles. The molecule has 0 saturated heterocycles. The Hall–Kier alpha value is -2.48. The molecule has 0 spiro atoms. The summed E-state index contributed by atoms with van der Waals surface area (Å²) in [5, 5.41) is 0. The van der Waals surface area contributed by atoms with Crippen LogP contribution in [0.5, 0.6) is 0 Å². The van der Waals surface area contributed by atoms with E-state index in [1.54, 1.807) is 0 Å². The maximum absolute atomic E-state index is 4.89. The van der Waals surface area contributed by atoms with Gasteiger partial charge in [0.15, 0.2) is 6.20 Å². The number of fused-ring (bicyclic) bond motifs is 3. The van der Waals surface area contributed by atoms with Crippen molar-refractivity contribution in [1.29, 1.82) is 0 Å². The summed E-state index contributed by atoms with van der Waals surface area (Å²) in [4.78, 5) is 4.89. The quantitative estimate of drug-likeness (QED) is 0.594. The molecular formula is C24H27N2+. The molecule has 2 aromatic heterocycles. The summed E-state index contributed by atoms with van der Waals surface area (Å²) in [7, 11) is 2.13. The Morgan fingerprint density at radius 3 is 2.46 bits per heavy atom. The minimum absolute atomic E-state index is 0.0482. The molecule has 0 atom stereocenters. The van der Waals surface area contributed by atoms with E-state index in [0.29, 0.717) is 0 Å². The summed E-state index contributed by atoms with van der Waals surface area (Å²) < 4.78 is 2.22. The third-order valence-electron chi connectivity index (χ3n) is 5.85. The van der Waals surface area contributed by atoms with Gasteiger partial charge in [0.2, 0.25) is 5.69 Å². The monoisotopic (exact) mass is 343 g/mol. The first kappa shape index (κ1) is 17.0. The van der Waals surface area contributed by atoms with Gasteiger partial charge in [-0.3, -0.25) is 4.98 Å². The van der Waals surface area contributed by atoms with Crippen molar-refractivity contribution in [2.45, 2.75) is 46.5 Å². The van der Waals surface area contributed by atoms with Crippen LogP contribution in [0.1, 0.15) is 48.8 Å². The van der Waals surface area contributed by atoms with E-state index < -0.39 is 0 Å². The molecule has 0 bridgehead atoms. The Bertz CT molecular complexity index is 1030. The number of aryl methyl sites for hydroxylation is 4. The first-order valence-electron chi connectivity index (χ1n) is 9.45. The standard InChI is InChI=1S/C24H27N2/c1-7-17-10-11-26(6)22(13-17)19-14-20-18-9-8-16(3)25-23(18)24(4,5)21(20)12-15(19)2/h8-14H,7H2,1-6H3/q+1. The number of rotatable bonds is 2. The number of hydrogen-bond acceptors (Lipinski definition) is 1. The summed E-state index contributed by atoms with van der Waals surface area (Å²) in [6.07, 6.45) is 3.22. The molecule has 2 nitrogen and oxygen atoms in total. The lowest BCUT2D eigenvalue weighted by Gasteiger charge is -2.21. The second-order valence-electron chi connectivity index (χ2n) is 8.07. The molecule has 0 fully saturated rings. The van der Waals surface area contributed by atoms with Crippen molar-refractivity contribution in [2.24, 2.45) is 7.05 Å². The van der Waals surface area contributed by atoms with Crippen molar-refractivity contribution in [3.63, 3.8) is 0 Å². The number of nitrogens with zero attached hydrogens (tertiary/aromatic N) is 2. The summed E-state index contributed by atoms with van der Waals surface area (Å²) in [6, 6.07) is 13.7. The molecule has 0 aliphatic heterocycles. The van der Waals surface area contributed by atoms with Crippen molar-refractivity contribution in [3.05, 3.63) is 70.7 Å². The molecule has 0 amide bonds. The predicted molar refractivity (Wildman–Crippen MR) is 107 cm³/mol. The van der Waals surface area contributed by atoms with Gasteiger partial charge in [-0.05, 0) is 54.7 Å². The van der Waals surface area contributed by atoms with Gasteiger partial charge in [0, 0.05) is 34.4 Å². The maximum atomic E-state index is 4.89. The van der Waals surface area contributed by atoms with Crippen LogP contribution in [0.15, 0.2) is 42.6 Å². The normalized spacial score (nSPS) is 14.2. The molecule has 2 heterocycles. The Balaban J connectivity index is 1.99. The lowest BCUT2D eigenvalue weighted by Crippen LogP contribution is -2.30. The van der Waals surface area contributed by atoms with E-state index in [1.165, 1.54) is 44.8 Å². The van der Waals surface area contributed by atoms with Crippen LogP contribution in [0, 0.1) is 13.8 Å². The van der Waals surface area contributed by atoms with E-state index in [-0.39, 0.29) is 5.41 Å². The fraction of sp³-hybridized carbons (Fsp3) is 0.333. The van der Waals surface area contributed by atoms with Crippen molar-refractivity contribution >= 4 is 0 Å². The second kappa shape index (κ2) is 5.77. The largest absolute Gasteiger partial charge is 0.257 e. The van der Waals surface area contributed by atoms with Gasteiger partial charge < -0.3 is 0 Å². The van der Waals surface area contributed by atoms with Gasteiger partial charge in [-0.1, -0.05) is 32.9 Å². The van der Waals surface area contributed by atoms with Crippen LogP contribution in [0.3, 0.4) is 0 Å². The highest BCUT2D eigenvalue weighted by atomic mass is 14.9. The fourth-order valence-corrected chi connectivity index (χ4v) is 4.20. The first-order chi connectivity index (χ1) is 12.3. The predicted octanol–water partition coefficient (Wildman–Crippen LogP) is 5.06. The van der Waals surface area contributed by atoms with Crippen LogP contribution in [0.2, 0.25) is 0 Å². The molecule has 0 N–H and O–H groups in total. The van der Waals surface area contributed by atoms with Gasteiger partial charge in [-0.15, -0.1) is 0 Å². The van der Waals surface area contributed by atoms with Crippen molar-refractivity contribution in [3.8, 4) is 22.4 Å². The van der Waals surface area contributed by atoms with Crippen LogP contribution < -0.4 is 4.57 Å². The molecule has 1 aromatic carbocycles. The Morgan fingerprint density at radius 2 is 1.73 bits per heavy atom. The zero-order valence-corrected chi connectivity index (χ0v) is 16.6. The molecule has 0 unspecified atom stereocenters. The molecule has 0 saturated carbocycles. The van der Waals surface area contributed by atoms with Gasteiger partial charge in [0.1, 0.15) is 7.05 Å². The van der Waals surface area contributed by atoms with Gasteiger partial charge in [-0.2, -0.15) is 0 Å². The fourth-order valence-electron chi connectivity index (χ4n) is 4.20. The third-order valence-corrected chi connectivity index (χ3v) is 5.85. The van der Waals surface area contributed by atoms with Crippen molar-refractivity contribution in [1.82, 2.24) is 4.98 Å². The van der Waals surface area contributed by atoms with Crippen molar-refractivity contribution in [2.75, 3.05) is 0 Å². The first-order valence-corrected chi connectivity index (χ1v) is 9.45. The van der Waals surface area contributed by atoms with E-state index >= 15 is 0 Å². The summed E-state index contributed by atoms with van der Waals surface area (Å²) in [5.41, 5.74) is 11.5. The zero-order valence-electron chi connectivity index (χ0n) is 16.6. The molecule has 0 radical (unpaired) electrons. The van der Waals surface area contributed by atoms with E-state index in [4.69, 9.17) is 4.98 Å². The van der Waals surface area contributed by atoms with Gasteiger partial charge >= 0.3 is 0 Å². The Labute approximate surface area is 156 Å². The molecule has 1 aliphatic rings. The van der Waals surface area contributed by atoms with Gasteiger partial charge in [0.25, 0.3) is 0 Å². The minimum Gasteiger partial charge on any atom is -0.257 e. The molecule has 26 heavy (non-hydrogen) atoms. The average Bonchev–Trinajstić information content (AvgIpc) is 2.82. The SMILES string of the molecule is CCc1cc[n+](C)c(-c2cc3c(cc2C)C(C)(C)c2nc(C)ccc2-3)c1. The topological polar surface area (TPSA) is 16.8 Å². The van der Waals surface area contributed by atoms with Crippen LogP contribution >= 0.6 is 0 Å². The zero-order chi connectivity index (χ0) is 18.6. The van der Waals surface area contributed by atoms with E-state index in [9.17, 15) is 0 Å². The number of hydrogen-bond donors (Lipinski definition) is 0. The average molecular weight is 343 g/mol. The second-order valence-corrected chi connectivity index (χ2v) is 8.07. The van der Waals surface area contributed by atoms with Gasteiger partial charge in [-0.25, -0.2) is 4.57 Å². The summed E-state index contributed by atoms with van der Waals surface area (Å²) in [6.45, 7) is 11.1. The number of aromatic nitrogens is 2. The molecule has 3 aromatic rings. The highest BCUT2D eigenvalue weighted by Crippen LogP contribution is 2.49. The van der Waals surface area contributed by atoms with Crippen LogP contribution in [0.4, 0.5) is 0 Å². The lowest BCUT2D eigenvalue weighted by molar-refractivity contribution is -0.660. The molecule has 2 heteroatoms. The van der Waals surface area contributed by atoms with E-state index in [0.717, 1.165) is 12.1 Å². The lowest BCUT2D eigenvalue weighted by atomic mass is 9.83. The third kappa shape index (κ3) is 2.39. The number of benzene rings is 1. The van der Waals surface area contributed by atoms with Crippen LogP contribution in [-0.4, -0.2) is 4.98 Å².